The predicted molar refractivity (Wildman–Crippen MR) is 126 cm³/mol. The van der Waals surface area contributed by atoms with Crippen molar-refractivity contribution in [1.29, 1.82) is 0 Å². The lowest BCUT2D eigenvalue weighted by Gasteiger charge is -2.38. The first-order valence-corrected chi connectivity index (χ1v) is 11.3. The SMILES string of the molecule is COC(=O)c1ccc(Oc2ccc(N3C[C@@H]4CN(C(=O)OC(C)(C)C)CCN4C3O)cc2)cc1. The van der Waals surface area contributed by atoms with Gasteiger partial charge in [0.2, 0.25) is 0 Å². The van der Waals surface area contributed by atoms with E-state index in [2.05, 4.69) is 0 Å². The molecule has 34 heavy (non-hydrogen) atoms. The number of carbonyl (C=O) groups is 2. The monoisotopic (exact) mass is 469 g/mol. The van der Waals surface area contributed by atoms with Crippen molar-refractivity contribution in [3.05, 3.63) is 54.1 Å². The van der Waals surface area contributed by atoms with Crippen molar-refractivity contribution in [3.8, 4) is 11.5 Å². The van der Waals surface area contributed by atoms with Gasteiger partial charge in [0.15, 0.2) is 6.35 Å². The molecule has 1 unspecified atom stereocenters. The lowest BCUT2D eigenvalue weighted by Crippen LogP contribution is -2.55. The van der Waals surface area contributed by atoms with Gasteiger partial charge in [0.05, 0.1) is 12.7 Å². The fourth-order valence-corrected chi connectivity index (χ4v) is 4.19. The molecule has 2 aromatic carbocycles. The fraction of sp³-hybridized carbons (Fsp3) is 0.440. The smallest absolute Gasteiger partial charge is 0.410 e. The first kappa shape index (κ1) is 23.8. The third-order valence-electron chi connectivity index (χ3n) is 5.84. The van der Waals surface area contributed by atoms with E-state index in [-0.39, 0.29) is 12.1 Å². The zero-order chi connectivity index (χ0) is 24.5. The van der Waals surface area contributed by atoms with Gasteiger partial charge in [-0.15, -0.1) is 0 Å². The van der Waals surface area contributed by atoms with Crippen molar-refractivity contribution >= 4 is 17.7 Å². The number of aliphatic hydroxyl groups excluding tert-OH is 1. The predicted octanol–water partition coefficient (Wildman–Crippen LogP) is 3.28. The van der Waals surface area contributed by atoms with E-state index in [1.165, 1.54) is 7.11 Å². The molecule has 182 valence electrons. The number of hydrogen-bond donors (Lipinski definition) is 1. The van der Waals surface area contributed by atoms with Crippen LogP contribution in [0.15, 0.2) is 48.5 Å². The molecule has 0 aliphatic carbocycles. The number of ether oxygens (including phenoxy) is 3. The molecule has 0 bridgehead atoms. The van der Waals surface area contributed by atoms with E-state index in [0.29, 0.717) is 43.2 Å². The second kappa shape index (κ2) is 9.52. The maximum absolute atomic E-state index is 12.5. The van der Waals surface area contributed by atoms with Gasteiger partial charge in [-0.25, -0.2) is 9.59 Å². The van der Waals surface area contributed by atoms with Crippen molar-refractivity contribution in [1.82, 2.24) is 9.80 Å². The third-order valence-corrected chi connectivity index (χ3v) is 5.84. The number of benzene rings is 2. The summed E-state index contributed by atoms with van der Waals surface area (Å²) in [7, 11) is 1.34. The van der Waals surface area contributed by atoms with Gasteiger partial charge in [-0.2, -0.15) is 0 Å². The van der Waals surface area contributed by atoms with Gasteiger partial charge in [0.25, 0.3) is 0 Å². The van der Waals surface area contributed by atoms with Crippen LogP contribution in [0.2, 0.25) is 0 Å². The number of amides is 1. The zero-order valence-corrected chi connectivity index (χ0v) is 19.9. The summed E-state index contributed by atoms with van der Waals surface area (Å²) in [5.41, 5.74) is 0.775. The number of methoxy groups -OCH3 is 1. The van der Waals surface area contributed by atoms with E-state index < -0.39 is 17.9 Å². The molecule has 1 N–H and O–H groups in total. The molecule has 2 fully saturated rings. The van der Waals surface area contributed by atoms with Crippen LogP contribution >= 0.6 is 0 Å². The Hall–Kier alpha value is -3.30. The van der Waals surface area contributed by atoms with Crippen molar-refractivity contribution in [2.24, 2.45) is 0 Å². The van der Waals surface area contributed by atoms with Gasteiger partial charge in [-0.3, -0.25) is 4.90 Å². The van der Waals surface area contributed by atoms with Crippen LogP contribution in [0.1, 0.15) is 31.1 Å². The van der Waals surface area contributed by atoms with Crippen molar-refractivity contribution < 1.29 is 28.9 Å². The molecule has 2 heterocycles. The van der Waals surface area contributed by atoms with Crippen molar-refractivity contribution in [3.63, 3.8) is 0 Å². The van der Waals surface area contributed by atoms with E-state index in [9.17, 15) is 14.7 Å². The topological polar surface area (TPSA) is 91.8 Å². The standard InChI is InChI=1S/C25H31N3O6/c1-25(2,3)34-24(31)26-13-14-27-19(15-26)16-28(23(27)30)18-7-11-21(12-8-18)33-20-9-5-17(6-10-20)22(29)32-4/h5-12,19,23,30H,13-16H2,1-4H3/t19-,23?/m0/s1. The number of hydrogen-bond acceptors (Lipinski definition) is 8. The first-order valence-electron chi connectivity index (χ1n) is 11.3. The van der Waals surface area contributed by atoms with Crippen LogP contribution in [-0.4, -0.2) is 78.3 Å². The van der Waals surface area contributed by atoms with Crippen LogP contribution in [0.4, 0.5) is 10.5 Å². The van der Waals surface area contributed by atoms with E-state index in [0.717, 1.165) is 5.69 Å². The molecule has 1 amide bonds. The van der Waals surface area contributed by atoms with E-state index in [1.807, 2.05) is 54.8 Å². The minimum Gasteiger partial charge on any atom is -0.465 e. The average molecular weight is 470 g/mol. The summed E-state index contributed by atoms with van der Waals surface area (Å²) in [5.74, 6) is 0.837. The Morgan fingerprint density at radius 2 is 1.56 bits per heavy atom. The normalized spacial score (nSPS) is 20.6. The molecule has 2 saturated heterocycles. The number of nitrogens with zero attached hydrogens (tertiary/aromatic N) is 3. The first-order chi connectivity index (χ1) is 16.1. The highest BCUT2D eigenvalue weighted by atomic mass is 16.6. The number of fused-ring (bicyclic) bond motifs is 1. The van der Waals surface area contributed by atoms with Crippen LogP contribution in [0.5, 0.6) is 11.5 Å². The summed E-state index contributed by atoms with van der Waals surface area (Å²) in [6.45, 7) is 7.75. The summed E-state index contributed by atoms with van der Waals surface area (Å²) >= 11 is 0. The third kappa shape index (κ3) is 5.26. The van der Waals surface area contributed by atoms with Crippen molar-refractivity contribution in [2.75, 3.05) is 38.2 Å². The molecule has 4 rings (SSSR count). The van der Waals surface area contributed by atoms with Crippen LogP contribution in [0.25, 0.3) is 0 Å². The van der Waals surface area contributed by atoms with E-state index >= 15 is 0 Å². The van der Waals surface area contributed by atoms with Crippen LogP contribution in [-0.2, 0) is 9.47 Å². The number of esters is 1. The highest BCUT2D eigenvalue weighted by Crippen LogP contribution is 2.31. The Bertz CT molecular complexity index is 1020. The quantitative estimate of drug-likeness (QED) is 0.683. The highest BCUT2D eigenvalue weighted by Gasteiger charge is 2.43. The molecule has 0 saturated carbocycles. The fourth-order valence-electron chi connectivity index (χ4n) is 4.19. The van der Waals surface area contributed by atoms with Gasteiger partial charge < -0.3 is 29.1 Å². The average Bonchev–Trinajstić information content (AvgIpc) is 3.14. The summed E-state index contributed by atoms with van der Waals surface area (Å²) in [6.07, 6.45) is -1.08. The Balaban J connectivity index is 1.38. The Morgan fingerprint density at radius 1 is 0.941 bits per heavy atom. The van der Waals surface area contributed by atoms with Crippen molar-refractivity contribution in [2.45, 2.75) is 38.8 Å². The molecule has 2 aliphatic heterocycles. The number of rotatable bonds is 4. The molecule has 0 aromatic heterocycles. The molecular weight excluding hydrogens is 438 g/mol. The molecule has 0 radical (unpaired) electrons. The number of anilines is 1. The summed E-state index contributed by atoms with van der Waals surface area (Å²) in [4.78, 5) is 29.7. The number of aliphatic hydroxyl groups is 1. The number of piperazine rings is 1. The Labute approximate surface area is 199 Å². The highest BCUT2D eigenvalue weighted by molar-refractivity contribution is 5.89. The summed E-state index contributed by atoms with van der Waals surface area (Å²) < 4.78 is 16.1. The largest absolute Gasteiger partial charge is 0.465 e. The minimum absolute atomic E-state index is 0.0144. The second-order valence-electron chi connectivity index (χ2n) is 9.43. The minimum atomic E-state index is -0.761. The molecule has 2 atom stereocenters. The number of carbonyl (C=O) groups excluding carboxylic acids is 2. The van der Waals surface area contributed by atoms with E-state index in [4.69, 9.17) is 14.2 Å². The lowest BCUT2D eigenvalue weighted by molar-refractivity contribution is -0.0286. The van der Waals surface area contributed by atoms with Crippen LogP contribution in [0, 0.1) is 0 Å². The van der Waals surface area contributed by atoms with Crippen LogP contribution < -0.4 is 9.64 Å². The maximum Gasteiger partial charge on any atom is 0.410 e. The van der Waals surface area contributed by atoms with E-state index in [1.54, 1.807) is 29.2 Å². The molecule has 2 aliphatic rings. The summed E-state index contributed by atoms with van der Waals surface area (Å²) in [5, 5.41) is 10.9. The van der Waals surface area contributed by atoms with Gasteiger partial charge in [-0.1, -0.05) is 0 Å². The van der Waals surface area contributed by atoms with Gasteiger partial charge in [0.1, 0.15) is 17.1 Å². The Morgan fingerprint density at radius 3 is 2.15 bits per heavy atom. The Kier molecular flexibility index (Phi) is 6.67. The molecule has 9 heteroatoms. The van der Waals surface area contributed by atoms with Gasteiger partial charge >= 0.3 is 12.1 Å². The van der Waals surface area contributed by atoms with Crippen LogP contribution in [0.3, 0.4) is 0 Å². The molecule has 0 spiro atoms. The molecule has 2 aromatic rings. The summed E-state index contributed by atoms with van der Waals surface area (Å²) in [6, 6.07) is 14.2. The van der Waals surface area contributed by atoms with Gasteiger partial charge in [-0.05, 0) is 69.3 Å². The zero-order valence-electron chi connectivity index (χ0n) is 19.9. The lowest BCUT2D eigenvalue weighted by atomic mass is 10.2. The molecular formula is C25H31N3O6. The second-order valence-corrected chi connectivity index (χ2v) is 9.43. The maximum atomic E-state index is 12.5. The van der Waals surface area contributed by atoms with Gasteiger partial charge in [0, 0.05) is 37.9 Å². The molecule has 9 nitrogen and oxygen atoms in total.